The van der Waals surface area contributed by atoms with Crippen LogP contribution < -0.4 is 5.32 Å². The summed E-state index contributed by atoms with van der Waals surface area (Å²) in [5.41, 5.74) is 0. The first-order valence-electron chi connectivity index (χ1n) is 6.53. The molecule has 0 radical (unpaired) electrons. The van der Waals surface area contributed by atoms with Crippen molar-refractivity contribution in [1.82, 2.24) is 10.2 Å². The maximum atomic E-state index is 3.72. The molecular formula is C13H28N2. The van der Waals surface area contributed by atoms with E-state index >= 15 is 0 Å². The third-order valence-electron chi connectivity index (χ3n) is 3.94. The molecule has 3 atom stereocenters. The highest BCUT2D eigenvalue weighted by Gasteiger charge is 2.30. The van der Waals surface area contributed by atoms with Gasteiger partial charge in [0.15, 0.2) is 0 Å². The van der Waals surface area contributed by atoms with Crippen molar-refractivity contribution in [3.63, 3.8) is 0 Å². The summed E-state index contributed by atoms with van der Waals surface area (Å²) in [5, 5.41) is 3.72. The van der Waals surface area contributed by atoms with Gasteiger partial charge in [0.1, 0.15) is 0 Å². The molecule has 15 heavy (non-hydrogen) atoms. The molecule has 1 fully saturated rings. The summed E-state index contributed by atoms with van der Waals surface area (Å²) in [7, 11) is 4.29. The van der Waals surface area contributed by atoms with Crippen LogP contribution in [0, 0.1) is 11.8 Å². The van der Waals surface area contributed by atoms with Gasteiger partial charge < -0.3 is 10.2 Å². The van der Waals surface area contributed by atoms with Crippen LogP contribution in [0.1, 0.15) is 39.5 Å². The molecule has 90 valence electrons. The lowest BCUT2D eigenvalue weighted by Crippen LogP contribution is -2.34. The largest absolute Gasteiger partial charge is 0.314 e. The van der Waals surface area contributed by atoms with Crippen LogP contribution in [0.5, 0.6) is 0 Å². The fraction of sp³-hybridized carbons (Fsp3) is 1.00. The van der Waals surface area contributed by atoms with Gasteiger partial charge in [-0.3, -0.25) is 0 Å². The van der Waals surface area contributed by atoms with Gasteiger partial charge in [-0.05, 0) is 58.3 Å². The second kappa shape index (κ2) is 6.49. The van der Waals surface area contributed by atoms with E-state index < -0.39 is 0 Å². The number of rotatable bonds is 6. The van der Waals surface area contributed by atoms with Crippen LogP contribution in [-0.2, 0) is 0 Å². The lowest BCUT2D eigenvalue weighted by Gasteiger charge is -2.21. The number of nitrogens with zero attached hydrogens (tertiary/aromatic N) is 1. The molecule has 0 bridgehead atoms. The van der Waals surface area contributed by atoms with Crippen molar-refractivity contribution in [2.75, 3.05) is 27.2 Å². The predicted molar refractivity (Wildman–Crippen MR) is 67.1 cm³/mol. The summed E-state index contributed by atoms with van der Waals surface area (Å²) in [6, 6.07) is 0.789. The van der Waals surface area contributed by atoms with E-state index in [0.29, 0.717) is 0 Å². The molecule has 1 aliphatic carbocycles. The van der Waals surface area contributed by atoms with Crippen molar-refractivity contribution in [1.29, 1.82) is 0 Å². The third-order valence-corrected chi connectivity index (χ3v) is 3.94. The fourth-order valence-corrected chi connectivity index (χ4v) is 2.79. The molecule has 0 amide bonds. The van der Waals surface area contributed by atoms with Crippen LogP contribution in [-0.4, -0.2) is 38.1 Å². The van der Waals surface area contributed by atoms with Gasteiger partial charge in [-0.1, -0.05) is 20.3 Å². The molecule has 0 aliphatic heterocycles. The second-order valence-electron chi connectivity index (χ2n) is 5.32. The maximum Gasteiger partial charge on any atom is 0.00954 e. The Balaban J connectivity index is 2.12. The second-order valence-corrected chi connectivity index (χ2v) is 5.32. The highest BCUT2D eigenvalue weighted by atomic mass is 15.1. The van der Waals surface area contributed by atoms with Gasteiger partial charge in [0.05, 0.1) is 0 Å². The maximum absolute atomic E-state index is 3.72. The zero-order valence-corrected chi connectivity index (χ0v) is 10.9. The Labute approximate surface area is 95.4 Å². The van der Waals surface area contributed by atoms with E-state index in [1.807, 2.05) is 0 Å². The molecular weight excluding hydrogens is 184 g/mol. The van der Waals surface area contributed by atoms with Crippen LogP contribution in [0.15, 0.2) is 0 Å². The summed E-state index contributed by atoms with van der Waals surface area (Å²) < 4.78 is 0. The minimum Gasteiger partial charge on any atom is -0.314 e. The van der Waals surface area contributed by atoms with Crippen LogP contribution in [0.3, 0.4) is 0 Å². The van der Waals surface area contributed by atoms with Gasteiger partial charge in [0, 0.05) is 6.04 Å². The normalized spacial score (nSPS) is 31.4. The Morgan fingerprint density at radius 1 is 1.27 bits per heavy atom. The molecule has 1 N–H and O–H groups in total. The number of hydrogen-bond donors (Lipinski definition) is 1. The van der Waals surface area contributed by atoms with E-state index in [-0.39, 0.29) is 0 Å². The van der Waals surface area contributed by atoms with Crippen LogP contribution in [0.25, 0.3) is 0 Å². The molecule has 0 spiro atoms. The Morgan fingerprint density at radius 2 is 2.00 bits per heavy atom. The Morgan fingerprint density at radius 3 is 2.53 bits per heavy atom. The smallest absolute Gasteiger partial charge is 0.00954 e. The van der Waals surface area contributed by atoms with E-state index in [0.717, 1.165) is 17.9 Å². The van der Waals surface area contributed by atoms with Crippen molar-refractivity contribution < 1.29 is 0 Å². The van der Waals surface area contributed by atoms with E-state index in [1.54, 1.807) is 0 Å². The zero-order chi connectivity index (χ0) is 11.3. The van der Waals surface area contributed by atoms with Gasteiger partial charge in [0.25, 0.3) is 0 Å². The minimum absolute atomic E-state index is 0.789. The SMILES string of the molecule is CCC1CCC(NCCCN(C)C)C1C. The predicted octanol–water partition coefficient (Wildman–Crippen LogP) is 2.35. The first kappa shape index (κ1) is 13.0. The highest BCUT2D eigenvalue weighted by Crippen LogP contribution is 2.33. The lowest BCUT2D eigenvalue weighted by atomic mass is 9.93. The van der Waals surface area contributed by atoms with Gasteiger partial charge in [-0.2, -0.15) is 0 Å². The fourth-order valence-electron chi connectivity index (χ4n) is 2.79. The quantitative estimate of drug-likeness (QED) is 0.680. The van der Waals surface area contributed by atoms with Crippen molar-refractivity contribution >= 4 is 0 Å². The first-order chi connectivity index (χ1) is 7.15. The van der Waals surface area contributed by atoms with Crippen LogP contribution in [0.4, 0.5) is 0 Å². The summed E-state index contributed by atoms with van der Waals surface area (Å²) >= 11 is 0. The van der Waals surface area contributed by atoms with Crippen LogP contribution >= 0.6 is 0 Å². The standard InChI is InChI=1S/C13H28N2/c1-5-12-7-8-13(11(12)2)14-9-6-10-15(3)4/h11-14H,5-10H2,1-4H3. The van der Waals surface area contributed by atoms with E-state index in [9.17, 15) is 0 Å². The minimum atomic E-state index is 0.789. The monoisotopic (exact) mass is 212 g/mol. The Hall–Kier alpha value is -0.0800. The third kappa shape index (κ3) is 4.12. The molecule has 0 aromatic heterocycles. The van der Waals surface area contributed by atoms with E-state index in [2.05, 4.69) is 38.2 Å². The van der Waals surface area contributed by atoms with E-state index in [4.69, 9.17) is 0 Å². The summed E-state index contributed by atoms with van der Waals surface area (Å²) in [6.07, 6.45) is 5.45. The van der Waals surface area contributed by atoms with Gasteiger partial charge in [-0.15, -0.1) is 0 Å². The summed E-state index contributed by atoms with van der Waals surface area (Å²) in [6.45, 7) is 7.13. The van der Waals surface area contributed by atoms with Crippen molar-refractivity contribution in [2.45, 2.75) is 45.6 Å². The molecule has 2 heteroatoms. The van der Waals surface area contributed by atoms with Gasteiger partial charge >= 0.3 is 0 Å². The molecule has 0 aromatic carbocycles. The van der Waals surface area contributed by atoms with Crippen molar-refractivity contribution in [3.8, 4) is 0 Å². The van der Waals surface area contributed by atoms with E-state index in [1.165, 1.54) is 38.8 Å². The molecule has 3 unspecified atom stereocenters. The molecule has 1 aliphatic rings. The number of nitrogens with one attached hydrogen (secondary N) is 1. The number of hydrogen-bond acceptors (Lipinski definition) is 2. The average molecular weight is 212 g/mol. The molecule has 0 aromatic rings. The molecule has 1 rings (SSSR count). The molecule has 0 saturated heterocycles. The molecule has 0 heterocycles. The summed E-state index contributed by atoms with van der Waals surface area (Å²) in [4.78, 5) is 2.26. The zero-order valence-electron chi connectivity index (χ0n) is 10.9. The van der Waals surface area contributed by atoms with Crippen molar-refractivity contribution in [3.05, 3.63) is 0 Å². The lowest BCUT2D eigenvalue weighted by molar-refractivity contribution is 0.333. The average Bonchev–Trinajstić information content (AvgIpc) is 2.54. The highest BCUT2D eigenvalue weighted by molar-refractivity contribution is 4.86. The Bertz CT molecular complexity index is 168. The van der Waals surface area contributed by atoms with Gasteiger partial charge in [-0.25, -0.2) is 0 Å². The summed E-state index contributed by atoms with van der Waals surface area (Å²) in [5.74, 6) is 1.85. The topological polar surface area (TPSA) is 15.3 Å². The van der Waals surface area contributed by atoms with Gasteiger partial charge in [0.2, 0.25) is 0 Å². The van der Waals surface area contributed by atoms with Crippen LogP contribution in [0.2, 0.25) is 0 Å². The first-order valence-corrected chi connectivity index (χ1v) is 6.53. The Kier molecular flexibility index (Phi) is 5.62. The molecule has 1 saturated carbocycles. The van der Waals surface area contributed by atoms with Crippen molar-refractivity contribution in [2.24, 2.45) is 11.8 Å². The molecule has 2 nitrogen and oxygen atoms in total.